The molecule has 17 heavy (non-hydrogen) atoms. The molecular weight excluding hydrogens is 242 g/mol. The van der Waals surface area contributed by atoms with E-state index < -0.39 is 0 Å². The molecule has 0 radical (unpaired) electrons. The first-order valence-electron chi connectivity index (χ1n) is 5.62. The predicted octanol–water partition coefficient (Wildman–Crippen LogP) is 0.0822. The zero-order chi connectivity index (χ0) is 12.3. The van der Waals surface area contributed by atoms with Gasteiger partial charge in [0.05, 0.1) is 6.54 Å². The highest BCUT2D eigenvalue weighted by molar-refractivity contribution is 5.86. The Morgan fingerprint density at radius 3 is 2.24 bits per heavy atom. The van der Waals surface area contributed by atoms with Crippen molar-refractivity contribution in [3.63, 3.8) is 0 Å². The number of hydrogen-bond acceptors (Lipinski definition) is 3. The summed E-state index contributed by atoms with van der Waals surface area (Å²) in [6.07, 6.45) is 2.51. The summed E-state index contributed by atoms with van der Waals surface area (Å²) in [5.41, 5.74) is 5.77. The van der Waals surface area contributed by atoms with Crippen molar-refractivity contribution in [2.45, 2.75) is 25.3 Å². The van der Waals surface area contributed by atoms with E-state index in [0.717, 1.165) is 19.3 Å². The van der Waals surface area contributed by atoms with Gasteiger partial charge in [-0.1, -0.05) is 0 Å². The van der Waals surface area contributed by atoms with Crippen molar-refractivity contribution in [2.75, 3.05) is 27.7 Å². The van der Waals surface area contributed by atoms with Crippen LogP contribution in [0.5, 0.6) is 0 Å². The van der Waals surface area contributed by atoms with Gasteiger partial charge in [-0.25, -0.2) is 0 Å². The molecule has 1 fully saturated rings. The Hall–Kier alpha value is -0.810. The number of nitrogens with zero attached hydrogens (tertiary/aromatic N) is 2. The third-order valence-corrected chi connectivity index (χ3v) is 3.07. The highest BCUT2D eigenvalue weighted by atomic mass is 35.5. The number of nitrogens with two attached hydrogens (primary N) is 1. The summed E-state index contributed by atoms with van der Waals surface area (Å²) in [6, 6.07) is 0.145. The van der Waals surface area contributed by atoms with Crippen LogP contribution in [0.2, 0.25) is 0 Å². The summed E-state index contributed by atoms with van der Waals surface area (Å²) in [4.78, 5) is 26.4. The Kier molecular flexibility index (Phi) is 6.49. The van der Waals surface area contributed by atoms with E-state index in [1.807, 2.05) is 0 Å². The Morgan fingerprint density at radius 2 is 1.82 bits per heavy atom. The SMILES string of the molecule is CN(C)C(=O)CN(C)C(=O)C1CCC(N)C1.Cl. The normalized spacial score (nSPS) is 22.8. The van der Waals surface area contributed by atoms with Crippen LogP contribution in [0.25, 0.3) is 0 Å². The van der Waals surface area contributed by atoms with Crippen molar-refractivity contribution in [1.82, 2.24) is 9.80 Å². The van der Waals surface area contributed by atoms with Gasteiger partial charge in [0.1, 0.15) is 0 Å². The molecule has 2 unspecified atom stereocenters. The highest BCUT2D eigenvalue weighted by Crippen LogP contribution is 2.25. The molecule has 0 saturated heterocycles. The minimum absolute atomic E-state index is 0. The van der Waals surface area contributed by atoms with Gasteiger partial charge in [-0.2, -0.15) is 0 Å². The quantitative estimate of drug-likeness (QED) is 0.784. The van der Waals surface area contributed by atoms with Crippen molar-refractivity contribution in [3.8, 4) is 0 Å². The molecule has 0 aromatic rings. The third kappa shape index (κ3) is 4.52. The fourth-order valence-electron chi connectivity index (χ4n) is 1.97. The minimum Gasteiger partial charge on any atom is -0.347 e. The van der Waals surface area contributed by atoms with Crippen molar-refractivity contribution in [2.24, 2.45) is 11.7 Å². The number of carbonyl (C=O) groups excluding carboxylic acids is 2. The lowest BCUT2D eigenvalue weighted by Crippen LogP contribution is -2.40. The Balaban J connectivity index is 0.00000256. The van der Waals surface area contributed by atoms with E-state index in [-0.39, 0.29) is 42.7 Å². The molecule has 1 aliphatic carbocycles. The van der Waals surface area contributed by atoms with Crippen molar-refractivity contribution >= 4 is 24.2 Å². The van der Waals surface area contributed by atoms with Gasteiger partial charge in [0.2, 0.25) is 11.8 Å². The molecule has 0 aliphatic heterocycles. The van der Waals surface area contributed by atoms with Gasteiger partial charge < -0.3 is 15.5 Å². The van der Waals surface area contributed by atoms with Gasteiger partial charge in [-0.15, -0.1) is 12.4 Å². The van der Waals surface area contributed by atoms with Gasteiger partial charge in [0.15, 0.2) is 0 Å². The van der Waals surface area contributed by atoms with Crippen LogP contribution >= 0.6 is 12.4 Å². The number of halogens is 1. The Bertz CT molecular complexity index is 284. The highest BCUT2D eigenvalue weighted by Gasteiger charge is 2.30. The average molecular weight is 264 g/mol. The minimum atomic E-state index is -0.0573. The van der Waals surface area contributed by atoms with E-state index in [9.17, 15) is 9.59 Å². The zero-order valence-corrected chi connectivity index (χ0v) is 11.5. The zero-order valence-electron chi connectivity index (χ0n) is 10.7. The first-order chi connectivity index (χ1) is 7.41. The molecule has 1 rings (SSSR count). The standard InChI is InChI=1S/C11H21N3O2.ClH/c1-13(2)10(15)7-14(3)11(16)8-4-5-9(12)6-8;/h8-9H,4-7,12H2,1-3H3;1H. The number of carbonyl (C=O) groups is 2. The maximum Gasteiger partial charge on any atom is 0.241 e. The second-order valence-corrected chi connectivity index (χ2v) is 4.75. The van der Waals surface area contributed by atoms with Crippen molar-refractivity contribution < 1.29 is 9.59 Å². The van der Waals surface area contributed by atoms with Crippen LogP contribution in [-0.2, 0) is 9.59 Å². The lowest BCUT2D eigenvalue weighted by atomic mass is 10.1. The smallest absolute Gasteiger partial charge is 0.241 e. The summed E-state index contributed by atoms with van der Waals surface area (Å²) in [7, 11) is 5.05. The van der Waals surface area contributed by atoms with E-state index in [0.29, 0.717) is 0 Å². The molecule has 0 spiro atoms. The molecule has 0 bridgehead atoms. The average Bonchev–Trinajstić information content (AvgIpc) is 2.63. The summed E-state index contributed by atoms with van der Waals surface area (Å²) in [5, 5.41) is 0. The predicted molar refractivity (Wildman–Crippen MR) is 68.9 cm³/mol. The molecule has 5 nitrogen and oxygen atoms in total. The van der Waals surface area contributed by atoms with Crippen LogP contribution < -0.4 is 5.73 Å². The molecule has 2 N–H and O–H groups in total. The van der Waals surface area contributed by atoms with Gasteiger partial charge in [0.25, 0.3) is 0 Å². The lowest BCUT2D eigenvalue weighted by Gasteiger charge is -2.22. The van der Waals surface area contributed by atoms with E-state index >= 15 is 0 Å². The van der Waals surface area contributed by atoms with E-state index in [2.05, 4.69) is 0 Å². The van der Waals surface area contributed by atoms with Gasteiger partial charge in [0, 0.05) is 33.1 Å². The van der Waals surface area contributed by atoms with Crippen LogP contribution in [0.4, 0.5) is 0 Å². The van der Waals surface area contributed by atoms with Crippen molar-refractivity contribution in [1.29, 1.82) is 0 Å². The number of amides is 2. The van der Waals surface area contributed by atoms with Crippen LogP contribution in [0, 0.1) is 5.92 Å². The third-order valence-electron chi connectivity index (χ3n) is 3.07. The summed E-state index contributed by atoms with van der Waals surface area (Å²) in [6.45, 7) is 0.150. The monoisotopic (exact) mass is 263 g/mol. The fraction of sp³-hybridized carbons (Fsp3) is 0.818. The van der Waals surface area contributed by atoms with E-state index in [4.69, 9.17) is 5.73 Å². The molecule has 0 heterocycles. The molecule has 2 atom stereocenters. The second kappa shape index (κ2) is 6.81. The summed E-state index contributed by atoms with van der Waals surface area (Å²) < 4.78 is 0. The first-order valence-corrected chi connectivity index (χ1v) is 5.62. The van der Waals surface area contributed by atoms with E-state index in [1.165, 1.54) is 9.80 Å². The Labute approximate surface area is 109 Å². The van der Waals surface area contributed by atoms with E-state index in [1.54, 1.807) is 21.1 Å². The van der Waals surface area contributed by atoms with Gasteiger partial charge >= 0.3 is 0 Å². The van der Waals surface area contributed by atoms with Crippen LogP contribution in [-0.4, -0.2) is 55.3 Å². The second-order valence-electron chi connectivity index (χ2n) is 4.75. The number of rotatable bonds is 3. The van der Waals surface area contributed by atoms with Crippen LogP contribution in [0.1, 0.15) is 19.3 Å². The maximum atomic E-state index is 11.9. The Morgan fingerprint density at radius 1 is 1.24 bits per heavy atom. The first kappa shape index (κ1) is 16.2. The molecule has 0 aromatic carbocycles. The molecular formula is C11H22ClN3O2. The molecule has 1 aliphatic rings. The molecule has 2 amide bonds. The number of likely N-dealkylation sites (N-methyl/N-ethyl adjacent to an activating group) is 2. The van der Waals surface area contributed by atoms with Gasteiger partial charge in [-0.3, -0.25) is 9.59 Å². The van der Waals surface area contributed by atoms with Gasteiger partial charge in [-0.05, 0) is 19.3 Å². The van der Waals surface area contributed by atoms with Crippen LogP contribution in [0.15, 0.2) is 0 Å². The topological polar surface area (TPSA) is 66.6 Å². The summed E-state index contributed by atoms with van der Waals surface area (Å²) in [5.74, 6) is -0.00347. The lowest BCUT2D eigenvalue weighted by molar-refractivity contribution is -0.140. The van der Waals surface area contributed by atoms with Crippen molar-refractivity contribution in [3.05, 3.63) is 0 Å². The summed E-state index contributed by atoms with van der Waals surface area (Å²) >= 11 is 0. The fourth-order valence-corrected chi connectivity index (χ4v) is 1.97. The molecule has 0 aromatic heterocycles. The molecule has 1 saturated carbocycles. The maximum absolute atomic E-state index is 11.9. The molecule has 100 valence electrons. The van der Waals surface area contributed by atoms with Crippen LogP contribution in [0.3, 0.4) is 0 Å². The largest absolute Gasteiger partial charge is 0.347 e. The number of hydrogen-bond donors (Lipinski definition) is 1. The molecule has 6 heteroatoms.